The monoisotopic (exact) mass is 325 g/mol. The molecule has 0 radical (unpaired) electrons. The maximum atomic E-state index is 6.07. The van der Waals surface area contributed by atoms with E-state index in [-0.39, 0.29) is 0 Å². The van der Waals surface area contributed by atoms with E-state index in [2.05, 4.69) is 4.72 Å². The molecule has 0 atom stereocenters. The van der Waals surface area contributed by atoms with Gasteiger partial charge in [0.1, 0.15) is 11.6 Å². The predicted octanol–water partition coefficient (Wildman–Crippen LogP) is 3.52. The first kappa shape index (κ1) is 17.3. The summed E-state index contributed by atoms with van der Waals surface area (Å²) in [5.74, 6) is 0.930. The zero-order valence-electron chi connectivity index (χ0n) is 12.3. The van der Waals surface area contributed by atoms with E-state index >= 15 is 0 Å². The first-order valence-electron chi connectivity index (χ1n) is 6.31. The maximum Gasteiger partial charge on any atom is 0.145 e. The van der Waals surface area contributed by atoms with Crippen molar-refractivity contribution in [2.75, 3.05) is 7.11 Å². The minimum absolute atomic E-state index is 0.420. The molecule has 0 aliphatic heterocycles. The Balaban J connectivity index is 2.82. The van der Waals surface area contributed by atoms with Gasteiger partial charge < -0.3 is 20.9 Å². The Morgan fingerprint density at radius 1 is 1.33 bits per heavy atom. The molecule has 1 aromatic rings. The van der Waals surface area contributed by atoms with Crippen LogP contribution in [0.2, 0.25) is 5.02 Å². The summed E-state index contributed by atoms with van der Waals surface area (Å²) in [7, 11) is 1.55. The zero-order valence-corrected chi connectivity index (χ0v) is 13.9. The highest BCUT2D eigenvalue weighted by molar-refractivity contribution is 7.97. The number of benzene rings is 1. The van der Waals surface area contributed by atoms with Gasteiger partial charge in [0.15, 0.2) is 0 Å². The molecule has 0 heterocycles. The zero-order chi connectivity index (χ0) is 15.8. The fraction of sp³-hybridized carbons (Fsp3) is 0.200. The SMILES string of the molecule is C/C=C(C)/C(N)=C(/C=C(\N)NSc1ccccc1Cl)OC. The topological polar surface area (TPSA) is 73.3 Å². The summed E-state index contributed by atoms with van der Waals surface area (Å²) in [4.78, 5) is 0.885. The quantitative estimate of drug-likeness (QED) is 0.424. The van der Waals surface area contributed by atoms with Crippen molar-refractivity contribution in [2.24, 2.45) is 11.5 Å². The molecule has 0 aromatic heterocycles. The van der Waals surface area contributed by atoms with Crippen LogP contribution >= 0.6 is 23.5 Å². The van der Waals surface area contributed by atoms with Crippen molar-refractivity contribution in [2.45, 2.75) is 18.7 Å². The van der Waals surface area contributed by atoms with Gasteiger partial charge in [0, 0.05) is 11.0 Å². The van der Waals surface area contributed by atoms with E-state index in [1.54, 1.807) is 13.2 Å². The predicted molar refractivity (Wildman–Crippen MR) is 90.4 cm³/mol. The Morgan fingerprint density at radius 3 is 2.57 bits per heavy atom. The van der Waals surface area contributed by atoms with Crippen LogP contribution in [0.25, 0.3) is 0 Å². The third kappa shape index (κ3) is 5.28. The van der Waals surface area contributed by atoms with E-state index in [1.165, 1.54) is 11.9 Å². The van der Waals surface area contributed by atoms with Crippen molar-refractivity contribution in [3.63, 3.8) is 0 Å². The molecule has 4 nitrogen and oxygen atoms in total. The molecule has 5 N–H and O–H groups in total. The van der Waals surface area contributed by atoms with Crippen LogP contribution in [0.5, 0.6) is 0 Å². The average molecular weight is 326 g/mol. The first-order chi connectivity index (χ1) is 9.99. The van der Waals surface area contributed by atoms with Crippen LogP contribution in [0.15, 0.2) is 64.2 Å². The van der Waals surface area contributed by atoms with Crippen LogP contribution < -0.4 is 16.2 Å². The highest BCUT2D eigenvalue weighted by Gasteiger charge is 2.05. The molecule has 0 fully saturated rings. The Morgan fingerprint density at radius 2 is 2.00 bits per heavy atom. The molecule has 0 unspecified atom stereocenters. The van der Waals surface area contributed by atoms with E-state index < -0.39 is 0 Å². The van der Waals surface area contributed by atoms with Crippen LogP contribution in [0, 0.1) is 0 Å². The molecule has 0 amide bonds. The summed E-state index contributed by atoms with van der Waals surface area (Å²) >= 11 is 7.39. The van der Waals surface area contributed by atoms with E-state index in [9.17, 15) is 0 Å². The van der Waals surface area contributed by atoms with Crippen molar-refractivity contribution in [3.05, 3.63) is 64.3 Å². The van der Waals surface area contributed by atoms with Crippen molar-refractivity contribution in [1.82, 2.24) is 4.72 Å². The molecule has 0 aliphatic carbocycles. The molecule has 6 heteroatoms. The van der Waals surface area contributed by atoms with E-state index in [1.807, 2.05) is 44.2 Å². The molecule has 0 saturated carbocycles. The summed E-state index contributed by atoms with van der Waals surface area (Å²) in [5.41, 5.74) is 13.4. The van der Waals surface area contributed by atoms with Crippen LogP contribution in [-0.4, -0.2) is 7.11 Å². The number of halogens is 1. The summed E-state index contributed by atoms with van der Waals surface area (Å²) in [6.45, 7) is 3.82. The number of nitrogens with one attached hydrogen (secondary N) is 1. The van der Waals surface area contributed by atoms with Gasteiger partial charge >= 0.3 is 0 Å². The average Bonchev–Trinajstić information content (AvgIpc) is 2.50. The summed E-state index contributed by atoms with van der Waals surface area (Å²) in [5, 5.41) is 0.662. The van der Waals surface area contributed by atoms with Gasteiger partial charge in [0.2, 0.25) is 0 Å². The van der Waals surface area contributed by atoms with Crippen LogP contribution in [-0.2, 0) is 4.74 Å². The fourth-order valence-corrected chi connectivity index (χ4v) is 2.26. The number of hydrogen-bond donors (Lipinski definition) is 3. The lowest BCUT2D eigenvalue weighted by Crippen LogP contribution is -2.14. The van der Waals surface area contributed by atoms with Gasteiger partial charge in [-0.1, -0.05) is 29.8 Å². The van der Waals surface area contributed by atoms with Gasteiger partial charge in [-0.25, -0.2) is 0 Å². The number of rotatable bonds is 6. The third-order valence-electron chi connectivity index (χ3n) is 2.75. The van der Waals surface area contributed by atoms with Gasteiger partial charge in [0.25, 0.3) is 0 Å². The number of allylic oxidation sites excluding steroid dienone is 3. The molecular weight excluding hydrogens is 306 g/mol. The van der Waals surface area contributed by atoms with Crippen molar-refractivity contribution < 1.29 is 4.74 Å². The Kier molecular flexibility index (Phi) is 7.05. The second-order valence-electron chi connectivity index (χ2n) is 4.19. The number of hydrogen-bond acceptors (Lipinski definition) is 5. The fourth-order valence-electron chi connectivity index (χ4n) is 1.41. The Bertz CT molecular complexity index is 582. The minimum atomic E-state index is 0.420. The maximum absolute atomic E-state index is 6.07. The van der Waals surface area contributed by atoms with Gasteiger partial charge in [0.05, 0.1) is 17.8 Å². The molecular formula is C15H20ClN3OS. The number of methoxy groups -OCH3 is 1. The molecule has 1 aromatic carbocycles. The van der Waals surface area contributed by atoms with Gasteiger partial charge in [-0.15, -0.1) is 0 Å². The first-order valence-corrected chi connectivity index (χ1v) is 7.50. The van der Waals surface area contributed by atoms with Crippen molar-refractivity contribution in [1.29, 1.82) is 0 Å². The molecule has 1 rings (SSSR count). The second-order valence-corrected chi connectivity index (χ2v) is 5.44. The molecule has 0 aliphatic rings. The lowest BCUT2D eigenvalue weighted by atomic mass is 10.2. The van der Waals surface area contributed by atoms with E-state index in [0.717, 1.165) is 10.5 Å². The molecule has 0 saturated heterocycles. The number of nitrogens with two attached hydrogens (primary N) is 2. The standard InChI is InChI=1S/C15H20ClN3OS/c1-4-10(2)15(18)12(20-3)9-14(17)19-21-13-8-6-5-7-11(13)16/h4-9,19H,17-18H2,1-3H3/b10-4+,14-9+,15-12+. The summed E-state index contributed by atoms with van der Waals surface area (Å²) in [6, 6.07) is 7.50. The second kappa shape index (κ2) is 8.54. The van der Waals surface area contributed by atoms with Crippen LogP contribution in [0.1, 0.15) is 13.8 Å². The van der Waals surface area contributed by atoms with Gasteiger partial charge in [-0.05, 0) is 43.5 Å². The molecule has 0 bridgehead atoms. The van der Waals surface area contributed by atoms with E-state index in [0.29, 0.717) is 22.3 Å². The largest absolute Gasteiger partial charge is 0.494 e. The Labute approximate surface area is 135 Å². The smallest absolute Gasteiger partial charge is 0.145 e. The van der Waals surface area contributed by atoms with Gasteiger partial charge in [-0.2, -0.15) is 0 Å². The van der Waals surface area contributed by atoms with Crippen molar-refractivity contribution >= 4 is 23.5 Å². The summed E-state index contributed by atoms with van der Waals surface area (Å²) in [6.07, 6.45) is 3.55. The summed E-state index contributed by atoms with van der Waals surface area (Å²) < 4.78 is 8.26. The molecule has 21 heavy (non-hydrogen) atoms. The Hall–Kier alpha value is -1.72. The van der Waals surface area contributed by atoms with Crippen LogP contribution in [0.3, 0.4) is 0 Å². The van der Waals surface area contributed by atoms with E-state index in [4.69, 9.17) is 27.8 Å². The number of ether oxygens (including phenoxy) is 1. The third-order valence-corrected chi connectivity index (χ3v) is 4.10. The van der Waals surface area contributed by atoms with Crippen LogP contribution in [0.4, 0.5) is 0 Å². The highest BCUT2D eigenvalue weighted by atomic mass is 35.5. The lowest BCUT2D eigenvalue weighted by molar-refractivity contribution is 0.302. The molecule has 114 valence electrons. The van der Waals surface area contributed by atoms with Crippen molar-refractivity contribution in [3.8, 4) is 0 Å². The normalized spacial score (nSPS) is 13.7. The highest BCUT2D eigenvalue weighted by Crippen LogP contribution is 2.24. The minimum Gasteiger partial charge on any atom is -0.494 e. The lowest BCUT2D eigenvalue weighted by Gasteiger charge is -2.10. The molecule has 0 spiro atoms. The van der Waals surface area contributed by atoms with Gasteiger partial charge in [-0.3, -0.25) is 0 Å².